The predicted molar refractivity (Wildman–Crippen MR) is 73.5 cm³/mol. The van der Waals surface area contributed by atoms with Crippen molar-refractivity contribution < 1.29 is 0 Å². The Morgan fingerprint density at radius 1 is 0.625 bits per heavy atom. The molecule has 0 amide bonds. The van der Waals surface area contributed by atoms with Crippen molar-refractivity contribution in [2.75, 3.05) is 0 Å². The molecule has 5 atom stereocenters. The maximum absolute atomic E-state index is 2.49. The third kappa shape index (κ3) is 3.25. The molecular weight excluding hydrogens is 192 g/mol. The van der Waals surface area contributed by atoms with E-state index in [1.165, 1.54) is 38.5 Å². The Hall–Kier alpha value is 0. The fourth-order valence-electron chi connectivity index (χ4n) is 3.73. The summed E-state index contributed by atoms with van der Waals surface area (Å²) < 4.78 is 0. The highest BCUT2D eigenvalue weighted by Crippen LogP contribution is 2.47. The Kier molecular flexibility index (Phi) is 5.86. The van der Waals surface area contributed by atoms with E-state index >= 15 is 0 Å². The quantitative estimate of drug-likeness (QED) is 0.521. The second-order valence-electron chi connectivity index (χ2n) is 6.30. The van der Waals surface area contributed by atoms with Gasteiger partial charge < -0.3 is 0 Å². The summed E-state index contributed by atoms with van der Waals surface area (Å²) in [6, 6.07) is 0. The van der Waals surface area contributed by atoms with Gasteiger partial charge in [-0.25, -0.2) is 0 Å². The van der Waals surface area contributed by atoms with Crippen LogP contribution in [0.3, 0.4) is 0 Å². The largest absolute Gasteiger partial charge is 0.0654 e. The van der Waals surface area contributed by atoms with Crippen LogP contribution < -0.4 is 0 Å². The van der Waals surface area contributed by atoms with E-state index in [9.17, 15) is 0 Å². The fraction of sp³-hybridized carbons (Fsp3) is 1.00. The minimum atomic E-state index is 0.940. The van der Waals surface area contributed by atoms with Crippen LogP contribution in [0.4, 0.5) is 0 Å². The lowest BCUT2D eigenvalue weighted by Crippen LogP contribution is -2.12. The number of hydrogen-bond acceptors (Lipinski definition) is 0. The molecule has 0 aromatic rings. The van der Waals surface area contributed by atoms with Crippen molar-refractivity contribution in [3.05, 3.63) is 0 Å². The van der Waals surface area contributed by atoms with Crippen LogP contribution in [0.5, 0.6) is 0 Å². The molecular formula is C16H32. The first kappa shape index (κ1) is 14.1. The fourth-order valence-corrected chi connectivity index (χ4v) is 3.73. The van der Waals surface area contributed by atoms with E-state index in [-0.39, 0.29) is 0 Å². The normalized spacial score (nSPS) is 39.2. The van der Waals surface area contributed by atoms with Crippen molar-refractivity contribution in [1.82, 2.24) is 0 Å². The van der Waals surface area contributed by atoms with Gasteiger partial charge in [0.1, 0.15) is 0 Å². The van der Waals surface area contributed by atoms with Crippen LogP contribution in [0, 0.1) is 29.6 Å². The molecule has 0 aliphatic heterocycles. The predicted octanol–water partition coefficient (Wildman–Crippen LogP) is 5.52. The first-order valence-electron chi connectivity index (χ1n) is 7.59. The maximum atomic E-state index is 2.49. The number of rotatable bonds is 6. The summed E-state index contributed by atoms with van der Waals surface area (Å²) in [7, 11) is 0. The standard InChI is InChI=1S/C16H32/c1-6-7-8-9-10-11-16-14(4)12(2)13(3)15(16)5/h12-16H,6-11H2,1-5H3/t12-,13?,14?,15?,16?/m1/s1. The molecule has 0 heteroatoms. The molecule has 0 heterocycles. The average Bonchev–Trinajstić information content (AvgIpc) is 2.46. The van der Waals surface area contributed by atoms with Gasteiger partial charge >= 0.3 is 0 Å². The third-order valence-electron chi connectivity index (χ3n) is 5.48. The highest BCUT2D eigenvalue weighted by Gasteiger charge is 2.40. The minimum absolute atomic E-state index is 0.940. The Labute approximate surface area is 103 Å². The monoisotopic (exact) mass is 224 g/mol. The van der Waals surface area contributed by atoms with Crippen molar-refractivity contribution in [2.24, 2.45) is 29.6 Å². The first-order valence-corrected chi connectivity index (χ1v) is 7.59. The van der Waals surface area contributed by atoms with Crippen LogP contribution in [0.2, 0.25) is 0 Å². The van der Waals surface area contributed by atoms with Crippen LogP contribution >= 0.6 is 0 Å². The molecule has 0 radical (unpaired) electrons. The second-order valence-corrected chi connectivity index (χ2v) is 6.30. The highest BCUT2D eigenvalue weighted by molar-refractivity contribution is 4.89. The van der Waals surface area contributed by atoms with E-state index in [1.54, 1.807) is 0 Å². The lowest BCUT2D eigenvalue weighted by molar-refractivity contribution is 0.290. The Bertz CT molecular complexity index is 170. The second kappa shape index (κ2) is 6.67. The van der Waals surface area contributed by atoms with Gasteiger partial charge in [-0.05, 0) is 36.0 Å². The minimum Gasteiger partial charge on any atom is -0.0654 e. The Balaban J connectivity index is 2.26. The van der Waals surface area contributed by atoms with E-state index in [1.807, 2.05) is 0 Å². The van der Waals surface area contributed by atoms with E-state index in [4.69, 9.17) is 0 Å². The van der Waals surface area contributed by atoms with Gasteiger partial charge in [-0.2, -0.15) is 0 Å². The van der Waals surface area contributed by atoms with Gasteiger partial charge in [0, 0.05) is 0 Å². The van der Waals surface area contributed by atoms with Gasteiger partial charge in [0.2, 0.25) is 0 Å². The first-order chi connectivity index (χ1) is 7.59. The van der Waals surface area contributed by atoms with Crippen LogP contribution in [-0.2, 0) is 0 Å². The molecule has 96 valence electrons. The molecule has 16 heavy (non-hydrogen) atoms. The maximum Gasteiger partial charge on any atom is -0.0357 e. The zero-order valence-electron chi connectivity index (χ0n) is 12.1. The molecule has 0 aromatic carbocycles. The number of unbranched alkanes of at least 4 members (excludes halogenated alkanes) is 4. The summed E-state index contributed by atoms with van der Waals surface area (Å²) in [6.45, 7) is 12.2. The summed E-state index contributed by atoms with van der Waals surface area (Å²) in [4.78, 5) is 0. The highest BCUT2D eigenvalue weighted by atomic mass is 14.5. The topological polar surface area (TPSA) is 0 Å². The molecule has 1 fully saturated rings. The van der Waals surface area contributed by atoms with Gasteiger partial charge in [0.25, 0.3) is 0 Å². The Morgan fingerprint density at radius 2 is 1.12 bits per heavy atom. The van der Waals surface area contributed by atoms with Gasteiger partial charge in [-0.3, -0.25) is 0 Å². The molecule has 0 nitrogen and oxygen atoms in total. The molecule has 0 spiro atoms. The molecule has 1 saturated carbocycles. The van der Waals surface area contributed by atoms with Gasteiger partial charge in [-0.15, -0.1) is 0 Å². The van der Waals surface area contributed by atoms with Crippen LogP contribution in [0.15, 0.2) is 0 Å². The van der Waals surface area contributed by atoms with Gasteiger partial charge in [0.15, 0.2) is 0 Å². The molecule has 0 saturated heterocycles. The van der Waals surface area contributed by atoms with Crippen molar-refractivity contribution in [3.8, 4) is 0 Å². The molecule has 0 bridgehead atoms. The van der Waals surface area contributed by atoms with Crippen LogP contribution in [0.25, 0.3) is 0 Å². The lowest BCUT2D eigenvalue weighted by atomic mass is 9.85. The summed E-state index contributed by atoms with van der Waals surface area (Å²) in [5, 5.41) is 0. The molecule has 1 aliphatic carbocycles. The molecule has 1 aliphatic rings. The summed E-state index contributed by atoms with van der Waals surface area (Å²) in [5.74, 6) is 4.80. The number of hydrogen-bond donors (Lipinski definition) is 0. The van der Waals surface area contributed by atoms with Gasteiger partial charge in [0.05, 0.1) is 0 Å². The van der Waals surface area contributed by atoms with Crippen molar-refractivity contribution in [2.45, 2.75) is 73.1 Å². The van der Waals surface area contributed by atoms with Gasteiger partial charge in [-0.1, -0.05) is 66.7 Å². The third-order valence-corrected chi connectivity index (χ3v) is 5.48. The zero-order valence-corrected chi connectivity index (χ0v) is 12.1. The summed E-state index contributed by atoms with van der Waals surface area (Å²) in [6.07, 6.45) is 8.68. The zero-order chi connectivity index (χ0) is 12.1. The summed E-state index contributed by atoms with van der Waals surface area (Å²) in [5.41, 5.74) is 0. The average molecular weight is 224 g/mol. The smallest absolute Gasteiger partial charge is 0.0357 e. The molecule has 0 N–H and O–H groups in total. The van der Waals surface area contributed by atoms with E-state index < -0.39 is 0 Å². The SMILES string of the molecule is CCCCCCCC1C(C)C(C)[C@@H](C)C1C. The van der Waals surface area contributed by atoms with Crippen LogP contribution in [-0.4, -0.2) is 0 Å². The summed E-state index contributed by atoms with van der Waals surface area (Å²) >= 11 is 0. The lowest BCUT2D eigenvalue weighted by Gasteiger charge is -2.21. The van der Waals surface area contributed by atoms with E-state index in [0.717, 1.165) is 29.6 Å². The Morgan fingerprint density at radius 3 is 1.62 bits per heavy atom. The van der Waals surface area contributed by atoms with Crippen LogP contribution in [0.1, 0.15) is 73.1 Å². The van der Waals surface area contributed by atoms with Crippen molar-refractivity contribution in [3.63, 3.8) is 0 Å². The van der Waals surface area contributed by atoms with Crippen molar-refractivity contribution in [1.29, 1.82) is 0 Å². The molecule has 4 unspecified atom stereocenters. The van der Waals surface area contributed by atoms with E-state index in [2.05, 4.69) is 34.6 Å². The molecule has 1 rings (SSSR count). The van der Waals surface area contributed by atoms with E-state index in [0.29, 0.717) is 0 Å². The van der Waals surface area contributed by atoms with Crippen molar-refractivity contribution >= 4 is 0 Å². The molecule has 0 aromatic heterocycles.